The molecule has 1 aromatic carbocycles. The molecule has 0 spiro atoms. The third-order valence-corrected chi connectivity index (χ3v) is 10.8. The number of Topliss-reactive ketones (excluding diaryl/α,β-unsaturated/α-hetero) is 2. The molecule has 1 aromatic rings. The first-order chi connectivity index (χ1) is 16.5. The summed E-state index contributed by atoms with van der Waals surface area (Å²) < 4.78 is 0. The molecule has 4 aliphatic carbocycles. The van der Waals surface area contributed by atoms with E-state index in [4.69, 9.17) is 0 Å². The zero-order valence-electron chi connectivity index (χ0n) is 21.2. The molecule has 4 aliphatic rings. The molecule has 0 amide bonds. The van der Waals surface area contributed by atoms with Crippen LogP contribution in [-0.4, -0.2) is 44.7 Å². The Balaban J connectivity index is 1.62. The highest BCUT2D eigenvalue weighted by atomic mass is 16.3. The fourth-order valence-electron chi connectivity index (χ4n) is 8.98. The Labute approximate surface area is 208 Å². The van der Waals surface area contributed by atoms with Gasteiger partial charge >= 0.3 is 0 Å². The molecule has 5 rings (SSSR count). The maximum atomic E-state index is 12.4. The van der Waals surface area contributed by atoms with Crippen molar-refractivity contribution in [2.24, 2.45) is 35.0 Å². The first kappa shape index (κ1) is 24.9. The first-order valence-electron chi connectivity index (χ1n) is 13.4. The molecular formula is C30H40O5. The topological polar surface area (TPSA) is 94.8 Å². The SMILES string of the molecule is CC(=O)c1ccc([C@H]2C[C@@]3(C)[C@@H](CC[C@@]3(O)/C=C\CO)[C@@H]3C[C@@H](C)[C@@]4(O)CC(=O)CC[C@@H]4[C@H]32)cc1. The molecule has 5 heteroatoms. The third kappa shape index (κ3) is 3.69. The van der Waals surface area contributed by atoms with E-state index in [0.717, 1.165) is 31.2 Å². The van der Waals surface area contributed by atoms with E-state index >= 15 is 0 Å². The Morgan fingerprint density at radius 2 is 1.86 bits per heavy atom. The average molecular weight is 481 g/mol. The van der Waals surface area contributed by atoms with Gasteiger partial charge in [0.2, 0.25) is 0 Å². The number of fused-ring (bicyclic) bond motifs is 5. The molecule has 9 atom stereocenters. The Morgan fingerprint density at radius 3 is 2.51 bits per heavy atom. The number of hydrogen-bond acceptors (Lipinski definition) is 5. The molecule has 0 aromatic heterocycles. The molecule has 5 nitrogen and oxygen atoms in total. The molecule has 0 radical (unpaired) electrons. The van der Waals surface area contributed by atoms with Crippen molar-refractivity contribution in [1.82, 2.24) is 0 Å². The van der Waals surface area contributed by atoms with Gasteiger partial charge in [-0.25, -0.2) is 0 Å². The molecule has 3 N–H and O–H groups in total. The number of benzene rings is 1. The highest BCUT2D eigenvalue weighted by Crippen LogP contribution is 2.69. The number of carbonyl (C=O) groups is 2. The van der Waals surface area contributed by atoms with Crippen molar-refractivity contribution in [2.45, 2.75) is 82.8 Å². The van der Waals surface area contributed by atoms with Gasteiger partial charge in [0.05, 0.1) is 17.8 Å². The third-order valence-electron chi connectivity index (χ3n) is 10.8. The van der Waals surface area contributed by atoms with Crippen LogP contribution in [0, 0.1) is 35.0 Å². The predicted molar refractivity (Wildman–Crippen MR) is 134 cm³/mol. The van der Waals surface area contributed by atoms with Crippen LogP contribution in [0.25, 0.3) is 0 Å². The standard InChI is InChI=1S/C30H40O5/c1-18-15-23-25-11-13-29(34,12-4-14-31)28(25,3)17-24(21-7-5-20(6-8-21)19(2)32)27(23)26-10-9-22(33)16-30(18,26)35/h4-8,12,18,23-27,31,34-35H,9-11,13-17H2,1-3H3/b12-4-/t18-,23+,24-,25+,26-,27-,28+,29+,30+/m1/s1. The number of aliphatic hydroxyl groups is 3. The summed E-state index contributed by atoms with van der Waals surface area (Å²) in [4.78, 5) is 24.4. The van der Waals surface area contributed by atoms with Crippen LogP contribution in [-0.2, 0) is 4.79 Å². The van der Waals surface area contributed by atoms with E-state index in [1.54, 1.807) is 13.0 Å². The maximum absolute atomic E-state index is 12.4. The molecule has 0 bridgehead atoms. The van der Waals surface area contributed by atoms with Crippen LogP contribution in [0.1, 0.15) is 87.6 Å². The maximum Gasteiger partial charge on any atom is 0.159 e. The number of hydrogen-bond donors (Lipinski definition) is 3. The summed E-state index contributed by atoms with van der Waals surface area (Å²) >= 11 is 0. The van der Waals surface area contributed by atoms with Crippen molar-refractivity contribution < 1.29 is 24.9 Å². The number of rotatable bonds is 4. The molecule has 0 unspecified atom stereocenters. The fourth-order valence-corrected chi connectivity index (χ4v) is 8.98. The molecule has 4 saturated carbocycles. The van der Waals surface area contributed by atoms with Gasteiger partial charge in [-0.2, -0.15) is 0 Å². The van der Waals surface area contributed by atoms with Crippen molar-refractivity contribution in [2.75, 3.05) is 6.61 Å². The molecule has 0 saturated heterocycles. The lowest BCUT2D eigenvalue weighted by atomic mass is 9.43. The second-order valence-corrected chi connectivity index (χ2v) is 12.3. The highest BCUT2D eigenvalue weighted by molar-refractivity contribution is 5.94. The van der Waals surface area contributed by atoms with Crippen LogP contribution in [0.4, 0.5) is 0 Å². The Kier molecular flexibility index (Phi) is 6.13. The normalized spacial score (nSPS) is 45.1. The van der Waals surface area contributed by atoms with Gasteiger partial charge in [0.15, 0.2) is 5.78 Å². The zero-order chi connectivity index (χ0) is 25.2. The van der Waals surface area contributed by atoms with Crippen LogP contribution in [0.3, 0.4) is 0 Å². The van der Waals surface area contributed by atoms with E-state index in [1.807, 2.05) is 18.2 Å². The van der Waals surface area contributed by atoms with Crippen molar-refractivity contribution in [1.29, 1.82) is 0 Å². The van der Waals surface area contributed by atoms with Crippen LogP contribution in [0.15, 0.2) is 36.4 Å². The van der Waals surface area contributed by atoms with Crippen molar-refractivity contribution in [3.63, 3.8) is 0 Å². The molecule has 0 aliphatic heterocycles. The lowest BCUT2D eigenvalue weighted by molar-refractivity contribution is -0.195. The zero-order valence-corrected chi connectivity index (χ0v) is 21.2. The van der Waals surface area contributed by atoms with E-state index in [0.29, 0.717) is 30.2 Å². The van der Waals surface area contributed by atoms with Crippen LogP contribution < -0.4 is 0 Å². The molecule has 190 valence electrons. The fraction of sp³-hybridized carbons (Fsp3) is 0.667. The van der Waals surface area contributed by atoms with Gasteiger partial charge in [0, 0.05) is 23.8 Å². The number of carbonyl (C=O) groups excluding carboxylic acids is 2. The van der Waals surface area contributed by atoms with Gasteiger partial charge in [-0.3, -0.25) is 9.59 Å². The molecule has 35 heavy (non-hydrogen) atoms. The van der Waals surface area contributed by atoms with E-state index in [1.165, 1.54) is 0 Å². The Hall–Kier alpha value is -1.82. The van der Waals surface area contributed by atoms with Gasteiger partial charge in [-0.05, 0) is 80.1 Å². The van der Waals surface area contributed by atoms with Gasteiger partial charge in [0.1, 0.15) is 5.78 Å². The summed E-state index contributed by atoms with van der Waals surface area (Å²) in [5, 5.41) is 33.3. The van der Waals surface area contributed by atoms with Crippen LogP contribution in [0.2, 0.25) is 0 Å². The summed E-state index contributed by atoms with van der Waals surface area (Å²) in [5.74, 6) is 1.30. The van der Waals surface area contributed by atoms with Crippen LogP contribution >= 0.6 is 0 Å². The Morgan fingerprint density at radius 1 is 1.14 bits per heavy atom. The van der Waals surface area contributed by atoms with Crippen molar-refractivity contribution >= 4 is 11.6 Å². The summed E-state index contributed by atoms with van der Waals surface area (Å²) in [6.45, 7) is 5.81. The minimum absolute atomic E-state index is 0.0303. The van der Waals surface area contributed by atoms with E-state index < -0.39 is 11.2 Å². The summed E-state index contributed by atoms with van der Waals surface area (Å²) in [6.07, 6.45) is 8.24. The van der Waals surface area contributed by atoms with Crippen molar-refractivity contribution in [3.8, 4) is 0 Å². The highest BCUT2D eigenvalue weighted by Gasteiger charge is 2.67. The lowest BCUT2D eigenvalue weighted by Crippen LogP contribution is -2.62. The van der Waals surface area contributed by atoms with Gasteiger partial charge in [0.25, 0.3) is 0 Å². The van der Waals surface area contributed by atoms with Crippen LogP contribution in [0.5, 0.6) is 0 Å². The largest absolute Gasteiger partial charge is 0.392 e. The summed E-state index contributed by atoms with van der Waals surface area (Å²) in [6, 6.07) is 7.92. The first-order valence-corrected chi connectivity index (χ1v) is 13.4. The van der Waals surface area contributed by atoms with Crippen molar-refractivity contribution in [3.05, 3.63) is 47.5 Å². The summed E-state index contributed by atoms with van der Waals surface area (Å²) in [5.41, 5.74) is -0.469. The van der Waals surface area contributed by atoms with Gasteiger partial charge in [-0.15, -0.1) is 0 Å². The smallest absolute Gasteiger partial charge is 0.159 e. The average Bonchev–Trinajstić information content (AvgIpc) is 3.08. The summed E-state index contributed by atoms with van der Waals surface area (Å²) in [7, 11) is 0. The second-order valence-electron chi connectivity index (χ2n) is 12.3. The minimum Gasteiger partial charge on any atom is -0.392 e. The van der Waals surface area contributed by atoms with E-state index in [-0.39, 0.29) is 53.7 Å². The van der Waals surface area contributed by atoms with E-state index in [9.17, 15) is 24.9 Å². The van der Waals surface area contributed by atoms with Gasteiger partial charge in [-0.1, -0.05) is 50.3 Å². The Bertz CT molecular complexity index is 1030. The number of aliphatic hydroxyl groups excluding tert-OH is 1. The lowest BCUT2D eigenvalue weighted by Gasteiger charge is -2.63. The molecular weight excluding hydrogens is 440 g/mol. The number of ketones is 2. The second kappa shape index (κ2) is 8.64. The minimum atomic E-state index is -0.984. The predicted octanol–water partition coefficient (Wildman–Crippen LogP) is 4.44. The molecule has 4 fully saturated rings. The monoisotopic (exact) mass is 480 g/mol. The molecule has 0 heterocycles. The van der Waals surface area contributed by atoms with Gasteiger partial charge < -0.3 is 15.3 Å². The van der Waals surface area contributed by atoms with E-state index in [2.05, 4.69) is 26.0 Å². The quantitative estimate of drug-likeness (QED) is 0.437.